The van der Waals surface area contributed by atoms with Gasteiger partial charge in [-0.15, -0.1) is 5.10 Å². The Morgan fingerprint density at radius 3 is 2.31 bits per heavy atom. The second kappa shape index (κ2) is 7.14. The zero-order valence-corrected chi connectivity index (χ0v) is 10.6. The molecule has 0 bridgehead atoms. The van der Waals surface area contributed by atoms with Crippen molar-refractivity contribution in [3.05, 3.63) is 11.4 Å². The van der Waals surface area contributed by atoms with Crippen molar-refractivity contribution >= 4 is 5.95 Å². The molecule has 1 aromatic heterocycles. The predicted octanol–water partition coefficient (Wildman–Crippen LogP) is 2.60. The second-order valence-corrected chi connectivity index (χ2v) is 3.87. The van der Waals surface area contributed by atoms with Crippen LogP contribution in [0, 0.1) is 0 Å². The molecule has 0 amide bonds. The van der Waals surface area contributed by atoms with E-state index in [1.807, 2.05) is 0 Å². The number of unbranched alkanes of at least 4 members (excludes halogenated alkanes) is 2. The van der Waals surface area contributed by atoms with Crippen LogP contribution in [0.5, 0.6) is 0 Å². The molecule has 90 valence electrons. The van der Waals surface area contributed by atoms with Crippen molar-refractivity contribution in [2.75, 3.05) is 11.9 Å². The smallest absolute Gasteiger partial charge is 0.242 e. The maximum Gasteiger partial charge on any atom is 0.242 e. The summed E-state index contributed by atoms with van der Waals surface area (Å²) >= 11 is 0. The van der Waals surface area contributed by atoms with Crippen molar-refractivity contribution in [2.45, 2.75) is 52.9 Å². The molecule has 0 aromatic carbocycles. The van der Waals surface area contributed by atoms with E-state index in [2.05, 4.69) is 41.3 Å². The third-order valence-corrected chi connectivity index (χ3v) is 2.57. The number of hydrogen-bond donors (Lipinski definition) is 1. The molecule has 16 heavy (non-hydrogen) atoms. The van der Waals surface area contributed by atoms with Gasteiger partial charge < -0.3 is 5.32 Å². The molecule has 4 nitrogen and oxygen atoms in total. The number of nitrogens with zero attached hydrogens (tertiary/aromatic N) is 3. The van der Waals surface area contributed by atoms with Gasteiger partial charge in [-0.1, -0.05) is 33.6 Å². The van der Waals surface area contributed by atoms with Crippen molar-refractivity contribution in [3.63, 3.8) is 0 Å². The van der Waals surface area contributed by atoms with Crippen molar-refractivity contribution < 1.29 is 0 Å². The molecular weight excluding hydrogens is 200 g/mol. The maximum atomic E-state index is 4.47. The van der Waals surface area contributed by atoms with Gasteiger partial charge in [0.2, 0.25) is 5.95 Å². The largest absolute Gasteiger partial charge is 0.353 e. The first kappa shape index (κ1) is 12.9. The molecule has 1 N–H and O–H groups in total. The highest BCUT2D eigenvalue weighted by Gasteiger charge is 2.04. The lowest BCUT2D eigenvalue weighted by molar-refractivity contribution is 0.734. The minimum Gasteiger partial charge on any atom is -0.353 e. The summed E-state index contributed by atoms with van der Waals surface area (Å²) < 4.78 is 0. The highest BCUT2D eigenvalue weighted by Crippen LogP contribution is 2.06. The average molecular weight is 222 g/mol. The van der Waals surface area contributed by atoms with Crippen molar-refractivity contribution in [1.29, 1.82) is 0 Å². The molecule has 1 heterocycles. The van der Waals surface area contributed by atoms with Crippen molar-refractivity contribution in [2.24, 2.45) is 0 Å². The Labute approximate surface area is 97.9 Å². The molecule has 0 aliphatic rings. The molecule has 0 radical (unpaired) electrons. The molecule has 1 rings (SSSR count). The van der Waals surface area contributed by atoms with Crippen LogP contribution in [0.25, 0.3) is 0 Å². The summed E-state index contributed by atoms with van der Waals surface area (Å²) in [5.41, 5.74) is 2.08. The van der Waals surface area contributed by atoms with E-state index < -0.39 is 0 Å². The van der Waals surface area contributed by atoms with Crippen LogP contribution in [0.1, 0.15) is 51.4 Å². The lowest BCUT2D eigenvalue weighted by atomic mass is 10.2. The lowest BCUT2D eigenvalue weighted by Gasteiger charge is -2.07. The van der Waals surface area contributed by atoms with Gasteiger partial charge in [-0.2, -0.15) is 5.10 Å². The molecule has 1 aromatic rings. The van der Waals surface area contributed by atoms with Gasteiger partial charge in [0.1, 0.15) is 0 Å². The first-order chi connectivity index (χ1) is 7.81. The zero-order valence-electron chi connectivity index (χ0n) is 10.6. The van der Waals surface area contributed by atoms with Gasteiger partial charge in [-0.05, 0) is 19.3 Å². The van der Waals surface area contributed by atoms with Crippen LogP contribution >= 0.6 is 0 Å². The van der Waals surface area contributed by atoms with Crippen LogP contribution in [0.2, 0.25) is 0 Å². The summed E-state index contributed by atoms with van der Waals surface area (Å²) in [7, 11) is 0. The molecule has 0 spiro atoms. The average Bonchev–Trinajstić information content (AvgIpc) is 2.34. The van der Waals surface area contributed by atoms with E-state index in [-0.39, 0.29) is 0 Å². The normalized spacial score (nSPS) is 10.4. The summed E-state index contributed by atoms with van der Waals surface area (Å²) in [6, 6.07) is 0. The Balaban J connectivity index is 2.54. The predicted molar refractivity (Wildman–Crippen MR) is 66.6 cm³/mol. The lowest BCUT2D eigenvalue weighted by Crippen LogP contribution is -2.10. The van der Waals surface area contributed by atoms with E-state index in [0.717, 1.165) is 37.2 Å². The molecular formula is C12H22N4. The number of nitrogens with one attached hydrogen (secondary N) is 1. The van der Waals surface area contributed by atoms with Gasteiger partial charge in [0, 0.05) is 6.54 Å². The van der Waals surface area contributed by atoms with E-state index in [9.17, 15) is 0 Å². The highest BCUT2D eigenvalue weighted by molar-refractivity contribution is 5.25. The third-order valence-electron chi connectivity index (χ3n) is 2.57. The monoisotopic (exact) mass is 222 g/mol. The highest BCUT2D eigenvalue weighted by atomic mass is 15.2. The van der Waals surface area contributed by atoms with E-state index in [4.69, 9.17) is 0 Å². The number of hydrogen-bond acceptors (Lipinski definition) is 4. The van der Waals surface area contributed by atoms with Gasteiger partial charge in [0.05, 0.1) is 11.4 Å². The summed E-state index contributed by atoms with van der Waals surface area (Å²) in [6.45, 7) is 7.32. The van der Waals surface area contributed by atoms with Gasteiger partial charge in [-0.25, -0.2) is 4.98 Å². The Hall–Kier alpha value is -1.19. The van der Waals surface area contributed by atoms with Crippen LogP contribution in [0.4, 0.5) is 5.95 Å². The Kier molecular flexibility index (Phi) is 5.75. The minimum absolute atomic E-state index is 0.671. The fourth-order valence-corrected chi connectivity index (χ4v) is 1.59. The molecule has 0 unspecified atom stereocenters. The van der Waals surface area contributed by atoms with Crippen molar-refractivity contribution in [1.82, 2.24) is 15.2 Å². The van der Waals surface area contributed by atoms with Crippen LogP contribution in [0.15, 0.2) is 0 Å². The molecule has 0 atom stereocenters. The second-order valence-electron chi connectivity index (χ2n) is 3.87. The summed E-state index contributed by atoms with van der Waals surface area (Å²) in [5, 5.41) is 11.5. The van der Waals surface area contributed by atoms with Gasteiger partial charge in [-0.3, -0.25) is 0 Å². The van der Waals surface area contributed by atoms with Crippen LogP contribution < -0.4 is 5.32 Å². The fraction of sp³-hybridized carbons (Fsp3) is 0.750. The van der Waals surface area contributed by atoms with Crippen LogP contribution in [-0.2, 0) is 12.8 Å². The van der Waals surface area contributed by atoms with Gasteiger partial charge in [0.25, 0.3) is 0 Å². The van der Waals surface area contributed by atoms with E-state index in [1.165, 1.54) is 12.8 Å². The number of anilines is 1. The third kappa shape index (κ3) is 3.76. The molecule has 0 aliphatic carbocycles. The molecule has 0 saturated carbocycles. The SMILES string of the molecule is CCCCCNc1nnc(CC)c(CC)n1. The van der Waals surface area contributed by atoms with Crippen LogP contribution in [0.3, 0.4) is 0 Å². The maximum absolute atomic E-state index is 4.47. The van der Waals surface area contributed by atoms with E-state index in [0.29, 0.717) is 5.95 Å². The van der Waals surface area contributed by atoms with Gasteiger partial charge >= 0.3 is 0 Å². The molecule has 4 heteroatoms. The quantitative estimate of drug-likeness (QED) is 0.720. The Morgan fingerprint density at radius 2 is 1.69 bits per heavy atom. The minimum atomic E-state index is 0.671. The standard InChI is InChI=1S/C12H22N4/c1-4-7-8-9-13-12-14-10(5-2)11(6-3)15-16-12/h4-9H2,1-3H3,(H,13,14,16). The first-order valence-electron chi connectivity index (χ1n) is 6.28. The van der Waals surface area contributed by atoms with E-state index >= 15 is 0 Å². The zero-order chi connectivity index (χ0) is 11.8. The number of aromatic nitrogens is 3. The first-order valence-corrected chi connectivity index (χ1v) is 6.28. The summed E-state index contributed by atoms with van der Waals surface area (Å²) in [5.74, 6) is 0.671. The molecule has 0 fully saturated rings. The summed E-state index contributed by atoms with van der Waals surface area (Å²) in [6.07, 6.45) is 5.46. The molecule has 0 saturated heterocycles. The van der Waals surface area contributed by atoms with Crippen LogP contribution in [-0.4, -0.2) is 21.7 Å². The molecule has 0 aliphatic heterocycles. The number of rotatable bonds is 7. The van der Waals surface area contributed by atoms with E-state index in [1.54, 1.807) is 0 Å². The Bertz CT molecular complexity index is 312. The summed E-state index contributed by atoms with van der Waals surface area (Å²) in [4.78, 5) is 4.47. The van der Waals surface area contributed by atoms with Crippen molar-refractivity contribution in [3.8, 4) is 0 Å². The van der Waals surface area contributed by atoms with Gasteiger partial charge in [0.15, 0.2) is 0 Å². The fourth-order valence-electron chi connectivity index (χ4n) is 1.59. The number of aryl methyl sites for hydroxylation is 2. The Morgan fingerprint density at radius 1 is 0.938 bits per heavy atom. The topological polar surface area (TPSA) is 50.7 Å².